The molecule has 1 aromatic rings. The van der Waals surface area contributed by atoms with Gasteiger partial charge in [-0.25, -0.2) is 8.93 Å². The number of rotatable bonds is 7. The Morgan fingerprint density at radius 2 is 1.76 bits per heavy atom. The fourth-order valence-electron chi connectivity index (χ4n) is 2.05. The van der Waals surface area contributed by atoms with Crippen LogP contribution in [-0.4, -0.2) is 26.2 Å². The van der Waals surface area contributed by atoms with Gasteiger partial charge in [-0.3, -0.25) is 0 Å². The highest BCUT2D eigenvalue weighted by atomic mass is 32.2. The van der Waals surface area contributed by atoms with Crippen LogP contribution in [-0.2, 0) is 17.4 Å². The summed E-state index contributed by atoms with van der Waals surface area (Å²) in [5.74, 6) is 0.134. The molecule has 1 rings (SSSR count). The topological polar surface area (TPSA) is 49.3 Å². The number of hydrogen-bond donors (Lipinski definition) is 2. The molecule has 1 unspecified atom stereocenters. The molecule has 0 aromatic heterocycles. The fourth-order valence-corrected chi connectivity index (χ4v) is 2.93. The highest BCUT2D eigenvalue weighted by Gasteiger charge is 2.28. The quantitative estimate of drug-likeness (QED) is 0.813. The van der Waals surface area contributed by atoms with Crippen LogP contribution in [0.25, 0.3) is 0 Å². The molecule has 120 valence electrons. The summed E-state index contributed by atoms with van der Waals surface area (Å²) < 4.78 is 15.1. The molecule has 0 amide bonds. The molecule has 3 atom stereocenters. The van der Waals surface area contributed by atoms with Gasteiger partial charge >= 0.3 is 0 Å². The maximum absolute atomic E-state index is 12.3. The van der Waals surface area contributed by atoms with Gasteiger partial charge in [0, 0.05) is 6.04 Å². The van der Waals surface area contributed by atoms with E-state index in [0.717, 1.165) is 12.8 Å². The lowest BCUT2D eigenvalue weighted by Crippen LogP contribution is -2.47. The maximum atomic E-state index is 12.3. The zero-order chi connectivity index (χ0) is 16.0. The van der Waals surface area contributed by atoms with Crippen LogP contribution in [0.5, 0.6) is 0 Å². The summed E-state index contributed by atoms with van der Waals surface area (Å²) in [7, 11) is -1.17. The van der Waals surface area contributed by atoms with Gasteiger partial charge in [-0.15, -0.1) is 0 Å². The summed E-state index contributed by atoms with van der Waals surface area (Å²) in [5, 5.41) is 10.4. The number of nitrogens with one attached hydrogen (secondary N) is 1. The third kappa shape index (κ3) is 6.29. The first-order valence-electron chi connectivity index (χ1n) is 7.62. The number of benzene rings is 1. The molecular weight excluding hydrogens is 282 g/mol. The molecule has 0 heterocycles. The predicted octanol–water partition coefficient (Wildman–Crippen LogP) is 3.06. The monoisotopic (exact) mass is 311 g/mol. The fraction of sp³-hybridized carbons (Fsp3) is 0.647. The lowest BCUT2D eigenvalue weighted by molar-refractivity contribution is 0.0890. The van der Waals surface area contributed by atoms with Crippen LogP contribution in [0, 0.1) is 5.92 Å². The van der Waals surface area contributed by atoms with Gasteiger partial charge in [-0.2, -0.15) is 0 Å². The van der Waals surface area contributed by atoms with Crippen molar-refractivity contribution in [2.45, 2.75) is 64.4 Å². The van der Waals surface area contributed by atoms with E-state index in [1.807, 2.05) is 52.8 Å². The van der Waals surface area contributed by atoms with Crippen LogP contribution in [0.3, 0.4) is 0 Å². The Morgan fingerprint density at radius 1 is 1.19 bits per heavy atom. The van der Waals surface area contributed by atoms with Crippen molar-refractivity contribution in [3.8, 4) is 0 Å². The Balaban J connectivity index is 2.71. The molecule has 0 bridgehead atoms. The number of aliphatic hydroxyl groups excluding tert-OH is 1. The Morgan fingerprint density at radius 3 is 2.24 bits per heavy atom. The Kier molecular flexibility index (Phi) is 7.04. The van der Waals surface area contributed by atoms with E-state index in [-0.39, 0.29) is 16.7 Å². The Bertz CT molecular complexity index is 440. The molecule has 3 nitrogen and oxygen atoms in total. The summed E-state index contributed by atoms with van der Waals surface area (Å²) in [6.45, 7) is 9.79. The first kappa shape index (κ1) is 18.3. The zero-order valence-corrected chi connectivity index (χ0v) is 14.6. The molecule has 0 saturated carbocycles. The largest absolute Gasteiger partial charge is 0.391 e. The van der Waals surface area contributed by atoms with Crippen molar-refractivity contribution in [2.75, 3.05) is 0 Å². The van der Waals surface area contributed by atoms with Gasteiger partial charge in [0.15, 0.2) is 0 Å². The summed E-state index contributed by atoms with van der Waals surface area (Å²) in [4.78, 5) is 0. The van der Waals surface area contributed by atoms with E-state index in [1.165, 1.54) is 5.56 Å². The standard InChI is InChI=1S/C17H29NO2S/c1-13(2)16(19)15(18-21(20)17(3,4)5)12-11-14-9-7-6-8-10-14/h6-10,13,15-16,18-19H,11-12H2,1-5H3/t15-,16+,21?/m0/s1. The molecule has 0 spiro atoms. The molecule has 0 aliphatic rings. The molecule has 0 radical (unpaired) electrons. The van der Waals surface area contributed by atoms with E-state index in [2.05, 4.69) is 16.9 Å². The minimum Gasteiger partial charge on any atom is -0.391 e. The van der Waals surface area contributed by atoms with E-state index in [4.69, 9.17) is 0 Å². The number of aryl methyl sites for hydroxylation is 1. The van der Waals surface area contributed by atoms with Gasteiger partial charge in [0.1, 0.15) is 0 Å². The normalized spacial score (nSPS) is 16.7. The van der Waals surface area contributed by atoms with E-state index < -0.39 is 17.1 Å². The highest BCUT2D eigenvalue weighted by Crippen LogP contribution is 2.16. The van der Waals surface area contributed by atoms with Crippen molar-refractivity contribution in [3.63, 3.8) is 0 Å². The molecular formula is C17H29NO2S. The summed E-state index contributed by atoms with van der Waals surface area (Å²) in [6.07, 6.45) is 1.13. The van der Waals surface area contributed by atoms with Gasteiger partial charge in [-0.05, 0) is 45.1 Å². The molecule has 0 saturated heterocycles. The van der Waals surface area contributed by atoms with Crippen LogP contribution in [0.1, 0.15) is 46.6 Å². The van der Waals surface area contributed by atoms with Gasteiger partial charge in [0.2, 0.25) is 0 Å². The van der Waals surface area contributed by atoms with Crippen molar-refractivity contribution in [2.24, 2.45) is 5.92 Å². The van der Waals surface area contributed by atoms with Gasteiger partial charge in [0.05, 0.1) is 21.8 Å². The summed E-state index contributed by atoms with van der Waals surface area (Å²) >= 11 is 0. The van der Waals surface area contributed by atoms with Crippen LogP contribution in [0.2, 0.25) is 0 Å². The average molecular weight is 311 g/mol. The van der Waals surface area contributed by atoms with Gasteiger partial charge in [-0.1, -0.05) is 44.2 Å². The van der Waals surface area contributed by atoms with Crippen molar-refractivity contribution in [3.05, 3.63) is 35.9 Å². The Hall–Kier alpha value is -0.710. The minimum absolute atomic E-state index is 0.134. The predicted molar refractivity (Wildman–Crippen MR) is 90.4 cm³/mol. The molecule has 4 heteroatoms. The first-order chi connectivity index (χ1) is 9.71. The second-order valence-electron chi connectivity index (χ2n) is 6.86. The van der Waals surface area contributed by atoms with E-state index in [9.17, 15) is 9.32 Å². The molecule has 0 fully saturated rings. The lowest BCUT2D eigenvalue weighted by Gasteiger charge is -2.29. The number of hydrogen-bond acceptors (Lipinski definition) is 2. The molecule has 1 aromatic carbocycles. The second-order valence-corrected chi connectivity index (χ2v) is 8.86. The van der Waals surface area contributed by atoms with Crippen molar-refractivity contribution >= 4 is 11.0 Å². The van der Waals surface area contributed by atoms with Crippen LogP contribution in [0.15, 0.2) is 30.3 Å². The van der Waals surface area contributed by atoms with E-state index in [1.54, 1.807) is 0 Å². The first-order valence-corrected chi connectivity index (χ1v) is 8.77. The van der Waals surface area contributed by atoms with Gasteiger partial charge in [0.25, 0.3) is 0 Å². The molecule has 2 N–H and O–H groups in total. The molecule has 21 heavy (non-hydrogen) atoms. The van der Waals surface area contributed by atoms with E-state index >= 15 is 0 Å². The SMILES string of the molecule is CC(C)[C@@H](O)[C@H](CCc1ccccc1)NS(=O)C(C)(C)C. The lowest BCUT2D eigenvalue weighted by atomic mass is 9.95. The van der Waals surface area contributed by atoms with E-state index in [0.29, 0.717) is 0 Å². The van der Waals surface area contributed by atoms with Crippen molar-refractivity contribution in [1.82, 2.24) is 4.72 Å². The number of aliphatic hydroxyl groups is 1. The van der Waals surface area contributed by atoms with Crippen LogP contribution in [0.4, 0.5) is 0 Å². The summed E-state index contributed by atoms with van der Waals surface area (Å²) in [5.41, 5.74) is 1.24. The molecule has 0 aliphatic carbocycles. The van der Waals surface area contributed by atoms with Gasteiger partial charge < -0.3 is 5.11 Å². The third-order valence-electron chi connectivity index (χ3n) is 3.50. The maximum Gasteiger partial charge on any atom is 0.0973 e. The Labute approximate surface area is 131 Å². The zero-order valence-electron chi connectivity index (χ0n) is 13.8. The third-order valence-corrected chi connectivity index (χ3v) is 5.13. The van der Waals surface area contributed by atoms with Crippen molar-refractivity contribution in [1.29, 1.82) is 0 Å². The second kappa shape index (κ2) is 8.06. The molecule has 0 aliphatic heterocycles. The van der Waals surface area contributed by atoms with Crippen molar-refractivity contribution < 1.29 is 9.32 Å². The highest BCUT2D eigenvalue weighted by molar-refractivity contribution is 7.84. The average Bonchev–Trinajstić information content (AvgIpc) is 2.42. The smallest absolute Gasteiger partial charge is 0.0973 e. The van der Waals surface area contributed by atoms with Crippen LogP contribution < -0.4 is 4.72 Å². The summed E-state index contributed by atoms with van der Waals surface area (Å²) in [6, 6.07) is 10.0. The minimum atomic E-state index is -1.17. The van der Waals surface area contributed by atoms with Crippen LogP contribution >= 0.6 is 0 Å².